The lowest BCUT2D eigenvalue weighted by Crippen LogP contribution is -2.40. The Hall–Kier alpha value is -2.93. The van der Waals surface area contributed by atoms with Gasteiger partial charge in [-0.25, -0.2) is 4.79 Å². The molecule has 0 radical (unpaired) electrons. The molecule has 0 saturated carbocycles. The largest absolute Gasteiger partial charge is 0.465 e. The van der Waals surface area contributed by atoms with Crippen LogP contribution in [0.15, 0.2) is 42.5 Å². The monoisotopic (exact) mass is 399 g/mol. The summed E-state index contributed by atoms with van der Waals surface area (Å²) < 4.78 is 4.68. The molecule has 0 aliphatic carbocycles. The third-order valence-electron chi connectivity index (χ3n) is 4.31. The van der Waals surface area contributed by atoms with Crippen molar-refractivity contribution in [2.45, 2.75) is 20.8 Å². The van der Waals surface area contributed by atoms with E-state index in [4.69, 9.17) is 12.2 Å². The first kappa shape index (κ1) is 21.4. The zero-order valence-corrected chi connectivity index (χ0v) is 17.4. The van der Waals surface area contributed by atoms with E-state index in [9.17, 15) is 9.59 Å². The van der Waals surface area contributed by atoms with Gasteiger partial charge >= 0.3 is 5.97 Å². The molecular weight excluding hydrogens is 374 g/mol. The van der Waals surface area contributed by atoms with Crippen LogP contribution in [0, 0.1) is 13.8 Å². The molecule has 0 spiro atoms. The number of ether oxygens (including phenoxy) is 1. The number of likely N-dealkylation sites (N-methyl/N-ethyl adjacent to an activating group) is 1. The molecule has 0 bridgehead atoms. The van der Waals surface area contributed by atoms with E-state index in [0.717, 1.165) is 22.5 Å². The highest BCUT2D eigenvalue weighted by molar-refractivity contribution is 7.80. The summed E-state index contributed by atoms with van der Waals surface area (Å²) in [6, 6.07) is 12.7. The van der Waals surface area contributed by atoms with Gasteiger partial charge in [0, 0.05) is 17.9 Å². The van der Waals surface area contributed by atoms with Crippen LogP contribution in [-0.2, 0) is 9.53 Å². The number of esters is 1. The molecule has 28 heavy (non-hydrogen) atoms. The molecule has 1 amide bonds. The molecule has 6 nitrogen and oxygen atoms in total. The lowest BCUT2D eigenvalue weighted by Gasteiger charge is -2.24. The van der Waals surface area contributed by atoms with Crippen molar-refractivity contribution in [1.29, 1.82) is 0 Å². The van der Waals surface area contributed by atoms with Crippen LogP contribution in [0.4, 0.5) is 11.4 Å². The van der Waals surface area contributed by atoms with E-state index in [0.29, 0.717) is 17.2 Å². The number of rotatable bonds is 6. The van der Waals surface area contributed by atoms with E-state index in [2.05, 4.69) is 15.4 Å². The van der Waals surface area contributed by atoms with Crippen molar-refractivity contribution >= 4 is 40.6 Å². The number of amides is 1. The Labute approximate surface area is 170 Å². The van der Waals surface area contributed by atoms with Crippen molar-refractivity contribution in [2.24, 2.45) is 0 Å². The number of aryl methyl sites for hydroxylation is 2. The van der Waals surface area contributed by atoms with E-state index in [1.807, 2.05) is 39.0 Å². The van der Waals surface area contributed by atoms with Crippen LogP contribution >= 0.6 is 12.2 Å². The predicted octanol–water partition coefficient (Wildman–Crippen LogP) is 3.75. The quantitative estimate of drug-likeness (QED) is 0.570. The predicted molar refractivity (Wildman–Crippen MR) is 116 cm³/mol. The van der Waals surface area contributed by atoms with Crippen LogP contribution in [0.25, 0.3) is 0 Å². The van der Waals surface area contributed by atoms with Crippen LogP contribution in [0.3, 0.4) is 0 Å². The van der Waals surface area contributed by atoms with Gasteiger partial charge in [-0.05, 0) is 68.4 Å². The van der Waals surface area contributed by atoms with Gasteiger partial charge in [0.25, 0.3) is 0 Å². The minimum absolute atomic E-state index is 0.135. The second-order valence-electron chi connectivity index (χ2n) is 6.33. The maximum Gasteiger partial charge on any atom is 0.337 e. The van der Waals surface area contributed by atoms with Crippen molar-refractivity contribution in [3.8, 4) is 0 Å². The van der Waals surface area contributed by atoms with Gasteiger partial charge in [-0.1, -0.05) is 18.2 Å². The van der Waals surface area contributed by atoms with Crippen LogP contribution < -0.4 is 10.6 Å². The fourth-order valence-electron chi connectivity index (χ4n) is 2.70. The van der Waals surface area contributed by atoms with Crippen LogP contribution in [-0.4, -0.2) is 42.1 Å². The molecule has 0 unspecified atom stereocenters. The van der Waals surface area contributed by atoms with E-state index in [1.54, 1.807) is 29.2 Å². The second kappa shape index (κ2) is 9.85. The average Bonchev–Trinajstić information content (AvgIpc) is 2.69. The molecule has 0 aliphatic rings. The molecule has 0 aromatic heterocycles. The van der Waals surface area contributed by atoms with Gasteiger partial charge in [-0.2, -0.15) is 0 Å². The van der Waals surface area contributed by atoms with Crippen molar-refractivity contribution in [1.82, 2.24) is 4.90 Å². The normalized spacial score (nSPS) is 10.1. The van der Waals surface area contributed by atoms with Gasteiger partial charge < -0.3 is 20.3 Å². The number of hydrogen-bond acceptors (Lipinski definition) is 4. The Morgan fingerprint density at radius 1 is 1.04 bits per heavy atom. The van der Waals surface area contributed by atoms with Gasteiger partial charge in [0.15, 0.2) is 5.11 Å². The van der Waals surface area contributed by atoms with Gasteiger partial charge in [0.05, 0.1) is 19.2 Å². The standard InChI is InChI=1S/C21H25N3O3S/c1-5-24(13-18(25)23-19-14(2)7-6-8-15(19)3)21(28)22-17-11-9-16(10-12-17)20(26)27-4/h6-12H,5,13H2,1-4H3,(H,22,28)(H,23,25). The van der Waals surface area contributed by atoms with E-state index in [1.165, 1.54) is 7.11 Å². The Morgan fingerprint density at radius 2 is 1.64 bits per heavy atom. The first-order chi connectivity index (χ1) is 13.3. The summed E-state index contributed by atoms with van der Waals surface area (Å²) in [6.45, 7) is 6.57. The topological polar surface area (TPSA) is 70.7 Å². The molecule has 0 saturated heterocycles. The second-order valence-corrected chi connectivity index (χ2v) is 6.71. The summed E-state index contributed by atoms with van der Waals surface area (Å²) in [4.78, 5) is 25.8. The lowest BCUT2D eigenvalue weighted by atomic mass is 10.1. The Bertz CT molecular complexity index is 845. The number of methoxy groups -OCH3 is 1. The summed E-state index contributed by atoms with van der Waals surface area (Å²) in [6.07, 6.45) is 0. The lowest BCUT2D eigenvalue weighted by molar-refractivity contribution is -0.116. The van der Waals surface area contributed by atoms with Crippen LogP contribution in [0.2, 0.25) is 0 Å². The van der Waals surface area contributed by atoms with Gasteiger partial charge in [-0.3, -0.25) is 4.79 Å². The summed E-state index contributed by atoms with van der Waals surface area (Å²) in [5, 5.41) is 6.50. The van der Waals surface area contributed by atoms with Gasteiger partial charge in [0.2, 0.25) is 5.91 Å². The molecule has 0 aliphatic heterocycles. The molecule has 2 N–H and O–H groups in total. The SMILES string of the molecule is CCN(CC(=O)Nc1c(C)cccc1C)C(=S)Nc1ccc(C(=O)OC)cc1. The highest BCUT2D eigenvalue weighted by Gasteiger charge is 2.15. The Balaban J connectivity index is 1.99. The number of carbonyl (C=O) groups excluding carboxylic acids is 2. The fraction of sp³-hybridized carbons (Fsp3) is 0.286. The smallest absolute Gasteiger partial charge is 0.337 e. The van der Waals surface area contributed by atoms with Crippen LogP contribution in [0.1, 0.15) is 28.4 Å². The van der Waals surface area contributed by atoms with E-state index < -0.39 is 5.97 Å². The van der Waals surface area contributed by atoms with Gasteiger partial charge in [0.1, 0.15) is 0 Å². The molecule has 2 rings (SSSR count). The first-order valence-corrected chi connectivity index (χ1v) is 9.37. The summed E-state index contributed by atoms with van der Waals surface area (Å²) >= 11 is 5.44. The molecule has 148 valence electrons. The molecule has 0 heterocycles. The third kappa shape index (κ3) is 5.53. The first-order valence-electron chi connectivity index (χ1n) is 8.96. The zero-order valence-electron chi connectivity index (χ0n) is 16.5. The highest BCUT2D eigenvalue weighted by atomic mass is 32.1. The van der Waals surface area contributed by atoms with Crippen LogP contribution in [0.5, 0.6) is 0 Å². The number of nitrogens with zero attached hydrogens (tertiary/aromatic N) is 1. The van der Waals surface area contributed by atoms with E-state index >= 15 is 0 Å². The molecule has 0 fully saturated rings. The molecule has 2 aromatic rings. The minimum Gasteiger partial charge on any atom is -0.465 e. The summed E-state index contributed by atoms with van der Waals surface area (Å²) in [7, 11) is 1.34. The van der Waals surface area contributed by atoms with Crippen molar-refractivity contribution in [2.75, 3.05) is 30.8 Å². The fourth-order valence-corrected chi connectivity index (χ4v) is 3.01. The van der Waals surface area contributed by atoms with Crippen molar-refractivity contribution in [3.05, 3.63) is 59.2 Å². The number of nitrogens with one attached hydrogen (secondary N) is 2. The minimum atomic E-state index is -0.396. The number of anilines is 2. The molecule has 7 heteroatoms. The number of carbonyl (C=O) groups is 2. The Kier molecular flexibility index (Phi) is 7.52. The molecular formula is C21H25N3O3S. The van der Waals surface area contributed by atoms with E-state index in [-0.39, 0.29) is 12.5 Å². The third-order valence-corrected chi connectivity index (χ3v) is 4.67. The number of thiocarbonyl (C=S) groups is 1. The maximum absolute atomic E-state index is 12.5. The number of hydrogen-bond donors (Lipinski definition) is 2. The van der Waals surface area contributed by atoms with Gasteiger partial charge in [-0.15, -0.1) is 0 Å². The molecule has 0 atom stereocenters. The van der Waals surface area contributed by atoms with Crippen molar-refractivity contribution < 1.29 is 14.3 Å². The highest BCUT2D eigenvalue weighted by Crippen LogP contribution is 2.19. The summed E-state index contributed by atoms with van der Waals surface area (Å²) in [5.74, 6) is -0.531. The zero-order chi connectivity index (χ0) is 20.7. The number of para-hydroxylation sites is 1. The summed E-state index contributed by atoms with van der Waals surface area (Å²) in [5.41, 5.74) is 4.05. The van der Waals surface area contributed by atoms with Crippen molar-refractivity contribution in [3.63, 3.8) is 0 Å². The molecule has 2 aromatic carbocycles. The Morgan fingerprint density at radius 3 is 2.18 bits per heavy atom. The average molecular weight is 400 g/mol. The number of benzene rings is 2. The maximum atomic E-state index is 12.5.